The van der Waals surface area contributed by atoms with Crippen LogP contribution in [0, 0.1) is 5.92 Å². The van der Waals surface area contributed by atoms with Gasteiger partial charge < -0.3 is 10.6 Å². The van der Waals surface area contributed by atoms with Crippen LogP contribution in [-0.2, 0) is 0 Å². The standard InChI is InChI=1S/C13H21N3/c1-9(14)13-7-6-12(8-15-13)16(3)10(2)11-4-5-11/h6-11H,4-5,14H2,1-3H3/t9-,10?/m1/s1. The fraction of sp³-hybridized carbons (Fsp3) is 0.615. The van der Waals surface area contributed by atoms with Crippen molar-refractivity contribution in [1.29, 1.82) is 0 Å². The first-order chi connectivity index (χ1) is 7.59. The van der Waals surface area contributed by atoms with Gasteiger partial charge in [-0.15, -0.1) is 0 Å². The first kappa shape index (κ1) is 11.4. The fourth-order valence-corrected chi connectivity index (χ4v) is 2.01. The summed E-state index contributed by atoms with van der Waals surface area (Å²) in [7, 11) is 2.14. The molecular weight excluding hydrogens is 198 g/mol. The lowest BCUT2D eigenvalue weighted by molar-refractivity contribution is 0.608. The van der Waals surface area contributed by atoms with Crippen LogP contribution in [0.15, 0.2) is 18.3 Å². The van der Waals surface area contributed by atoms with Crippen molar-refractivity contribution < 1.29 is 0 Å². The molecule has 1 heterocycles. The molecule has 0 aliphatic heterocycles. The average Bonchev–Trinajstić information content (AvgIpc) is 3.11. The predicted octanol–water partition coefficient (Wildman–Crippen LogP) is 2.34. The Hall–Kier alpha value is -1.09. The zero-order valence-corrected chi connectivity index (χ0v) is 10.4. The second-order valence-corrected chi connectivity index (χ2v) is 4.92. The van der Waals surface area contributed by atoms with Crippen molar-refractivity contribution in [3.8, 4) is 0 Å². The highest BCUT2D eigenvalue weighted by molar-refractivity contribution is 5.45. The van der Waals surface area contributed by atoms with Gasteiger partial charge >= 0.3 is 0 Å². The van der Waals surface area contributed by atoms with E-state index in [9.17, 15) is 0 Å². The van der Waals surface area contributed by atoms with Crippen LogP contribution in [0.1, 0.15) is 38.4 Å². The lowest BCUT2D eigenvalue weighted by Gasteiger charge is -2.26. The molecule has 2 N–H and O–H groups in total. The molecule has 0 aromatic carbocycles. The topological polar surface area (TPSA) is 42.1 Å². The number of pyridine rings is 1. The Bertz CT molecular complexity index is 341. The Morgan fingerprint density at radius 1 is 1.38 bits per heavy atom. The van der Waals surface area contributed by atoms with Crippen LogP contribution >= 0.6 is 0 Å². The highest BCUT2D eigenvalue weighted by Crippen LogP contribution is 2.36. The second kappa shape index (κ2) is 4.42. The molecule has 2 rings (SSSR count). The third-order valence-electron chi connectivity index (χ3n) is 3.56. The summed E-state index contributed by atoms with van der Waals surface area (Å²) in [5.74, 6) is 0.873. The maximum Gasteiger partial charge on any atom is 0.0569 e. The quantitative estimate of drug-likeness (QED) is 0.845. The third kappa shape index (κ3) is 2.35. The van der Waals surface area contributed by atoms with Crippen molar-refractivity contribution >= 4 is 5.69 Å². The fourth-order valence-electron chi connectivity index (χ4n) is 2.01. The Balaban J connectivity index is 2.08. The van der Waals surface area contributed by atoms with Crippen LogP contribution in [0.25, 0.3) is 0 Å². The molecule has 1 fully saturated rings. The van der Waals surface area contributed by atoms with E-state index in [2.05, 4.69) is 29.9 Å². The molecule has 0 amide bonds. The van der Waals surface area contributed by atoms with Crippen LogP contribution in [0.2, 0.25) is 0 Å². The first-order valence-corrected chi connectivity index (χ1v) is 6.04. The van der Waals surface area contributed by atoms with Crippen molar-refractivity contribution in [1.82, 2.24) is 4.98 Å². The van der Waals surface area contributed by atoms with Gasteiger partial charge in [0.05, 0.1) is 17.6 Å². The minimum atomic E-state index is 0.0141. The summed E-state index contributed by atoms with van der Waals surface area (Å²) in [6, 6.07) is 4.77. The molecule has 2 atom stereocenters. The van der Waals surface area contributed by atoms with Crippen LogP contribution in [0.4, 0.5) is 5.69 Å². The molecule has 1 aromatic rings. The SMILES string of the molecule is CC(C1CC1)N(C)c1ccc([C@@H](C)N)nc1. The highest BCUT2D eigenvalue weighted by atomic mass is 15.1. The van der Waals surface area contributed by atoms with Gasteiger partial charge in [-0.3, -0.25) is 4.98 Å². The summed E-state index contributed by atoms with van der Waals surface area (Å²) in [6.07, 6.45) is 4.67. The number of anilines is 1. The minimum absolute atomic E-state index is 0.0141. The van der Waals surface area contributed by atoms with Crippen molar-refractivity contribution in [3.63, 3.8) is 0 Å². The van der Waals surface area contributed by atoms with Crippen molar-refractivity contribution in [2.45, 2.75) is 38.8 Å². The molecule has 0 bridgehead atoms. The smallest absolute Gasteiger partial charge is 0.0569 e. The summed E-state index contributed by atoms with van der Waals surface area (Å²) in [5.41, 5.74) is 7.92. The molecule has 0 spiro atoms. The van der Waals surface area contributed by atoms with Crippen molar-refractivity contribution in [3.05, 3.63) is 24.0 Å². The minimum Gasteiger partial charge on any atom is -0.370 e. The molecule has 1 aliphatic rings. The summed E-state index contributed by atoms with van der Waals surface area (Å²) in [5, 5.41) is 0. The largest absolute Gasteiger partial charge is 0.370 e. The molecule has 0 radical (unpaired) electrons. The van der Waals surface area contributed by atoms with E-state index in [0.29, 0.717) is 6.04 Å². The van der Waals surface area contributed by atoms with Crippen molar-refractivity contribution in [2.75, 3.05) is 11.9 Å². The molecule has 1 unspecified atom stereocenters. The van der Waals surface area contributed by atoms with E-state index < -0.39 is 0 Å². The average molecular weight is 219 g/mol. The Morgan fingerprint density at radius 2 is 2.06 bits per heavy atom. The van der Waals surface area contributed by atoms with E-state index in [4.69, 9.17) is 5.73 Å². The number of nitrogens with zero attached hydrogens (tertiary/aromatic N) is 2. The van der Waals surface area contributed by atoms with Crippen LogP contribution in [0.3, 0.4) is 0 Å². The Morgan fingerprint density at radius 3 is 2.50 bits per heavy atom. The molecule has 3 nitrogen and oxygen atoms in total. The van der Waals surface area contributed by atoms with Gasteiger partial charge in [0.25, 0.3) is 0 Å². The van der Waals surface area contributed by atoms with E-state index in [0.717, 1.165) is 11.6 Å². The van der Waals surface area contributed by atoms with E-state index in [1.807, 2.05) is 19.2 Å². The Labute approximate surface area is 97.7 Å². The van der Waals surface area contributed by atoms with Crippen LogP contribution in [-0.4, -0.2) is 18.1 Å². The van der Waals surface area contributed by atoms with E-state index >= 15 is 0 Å². The maximum atomic E-state index is 5.78. The lowest BCUT2D eigenvalue weighted by atomic mass is 10.1. The van der Waals surface area contributed by atoms with Crippen LogP contribution in [0.5, 0.6) is 0 Å². The van der Waals surface area contributed by atoms with E-state index in [1.165, 1.54) is 18.5 Å². The molecule has 3 heteroatoms. The molecule has 0 saturated heterocycles. The predicted molar refractivity (Wildman–Crippen MR) is 67.4 cm³/mol. The zero-order valence-electron chi connectivity index (χ0n) is 10.4. The van der Waals surface area contributed by atoms with E-state index in [1.54, 1.807) is 0 Å². The second-order valence-electron chi connectivity index (χ2n) is 4.92. The molecule has 88 valence electrons. The summed E-state index contributed by atoms with van der Waals surface area (Å²) < 4.78 is 0. The monoisotopic (exact) mass is 219 g/mol. The zero-order chi connectivity index (χ0) is 11.7. The normalized spacial score (nSPS) is 19.2. The van der Waals surface area contributed by atoms with Gasteiger partial charge in [0.1, 0.15) is 0 Å². The van der Waals surface area contributed by atoms with Gasteiger partial charge in [0.2, 0.25) is 0 Å². The van der Waals surface area contributed by atoms with Gasteiger partial charge in [-0.2, -0.15) is 0 Å². The molecule has 1 aromatic heterocycles. The molecular formula is C13H21N3. The summed E-state index contributed by atoms with van der Waals surface area (Å²) >= 11 is 0. The maximum absolute atomic E-state index is 5.78. The molecule has 1 saturated carbocycles. The van der Waals surface area contributed by atoms with Gasteiger partial charge in [-0.05, 0) is 44.7 Å². The number of hydrogen-bond acceptors (Lipinski definition) is 3. The lowest BCUT2D eigenvalue weighted by Crippen LogP contribution is -2.30. The van der Waals surface area contributed by atoms with Gasteiger partial charge in [0.15, 0.2) is 0 Å². The number of nitrogens with two attached hydrogens (primary N) is 1. The van der Waals surface area contributed by atoms with Gasteiger partial charge in [-0.25, -0.2) is 0 Å². The summed E-state index contributed by atoms with van der Waals surface area (Å²) in [6.45, 7) is 4.25. The third-order valence-corrected chi connectivity index (χ3v) is 3.56. The molecule has 1 aliphatic carbocycles. The van der Waals surface area contributed by atoms with E-state index in [-0.39, 0.29) is 6.04 Å². The summed E-state index contributed by atoms with van der Waals surface area (Å²) in [4.78, 5) is 6.71. The number of rotatable bonds is 4. The first-order valence-electron chi connectivity index (χ1n) is 6.04. The van der Waals surface area contributed by atoms with Gasteiger partial charge in [-0.1, -0.05) is 0 Å². The van der Waals surface area contributed by atoms with Crippen molar-refractivity contribution in [2.24, 2.45) is 11.7 Å². The number of aromatic nitrogens is 1. The highest BCUT2D eigenvalue weighted by Gasteiger charge is 2.30. The van der Waals surface area contributed by atoms with Gasteiger partial charge in [0, 0.05) is 19.1 Å². The molecule has 16 heavy (non-hydrogen) atoms. The van der Waals surface area contributed by atoms with Crippen LogP contribution < -0.4 is 10.6 Å². The number of hydrogen-bond donors (Lipinski definition) is 1. The Kier molecular flexibility index (Phi) is 3.15.